The third kappa shape index (κ3) is 5.40. The molecule has 0 fully saturated rings. The van der Waals surface area contributed by atoms with Crippen molar-refractivity contribution in [1.82, 2.24) is 4.90 Å². The largest absolute Gasteiger partial charge is 0.454 e. The van der Waals surface area contributed by atoms with Crippen LogP contribution in [0.15, 0.2) is 24.3 Å². The van der Waals surface area contributed by atoms with Crippen molar-refractivity contribution in [2.24, 2.45) is 5.92 Å². The van der Waals surface area contributed by atoms with Crippen molar-refractivity contribution in [2.45, 2.75) is 33.2 Å². The summed E-state index contributed by atoms with van der Waals surface area (Å²) in [5, 5.41) is 2.75. The maximum absolute atomic E-state index is 13.3. The molecule has 0 saturated carbocycles. The van der Waals surface area contributed by atoms with Gasteiger partial charge in [0.05, 0.1) is 11.1 Å². The molecule has 0 radical (unpaired) electrons. The third-order valence-corrected chi connectivity index (χ3v) is 12.7. The zero-order valence-corrected chi connectivity index (χ0v) is 27.0. The molecule has 180 valence electrons. The van der Waals surface area contributed by atoms with Gasteiger partial charge in [0.15, 0.2) is 6.61 Å². The Hall–Kier alpha value is -0.560. The number of rotatable bonds is 7. The molecule has 0 unspecified atom stereocenters. The number of carbonyl (C=O) groups excluding carboxylic acids is 4. The first-order valence-corrected chi connectivity index (χ1v) is 14.6. The molecule has 3 rings (SSSR count). The second-order valence-electron chi connectivity index (χ2n) is 7.84. The Bertz CT molecular complexity index is 1150. The summed E-state index contributed by atoms with van der Waals surface area (Å²) >= 11 is 8.43. The number of nitrogens with zero attached hydrogens (tertiary/aromatic N) is 1. The number of hydrogen-bond acceptors (Lipinski definition) is 5. The second-order valence-corrected chi connectivity index (χ2v) is 12.2. The molecule has 0 aliphatic carbocycles. The fraction of sp³-hybridized carbons (Fsp3) is 0.304. The summed E-state index contributed by atoms with van der Waals surface area (Å²) in [5.74, 6) is -2.74. The molecule has 1 aliphatic rings. The predicted octanol–water partition coefficient (Wildman–Crippen LogP) is 5.47. The maximum atomic E-state index is 13.3. The van der Waals surface area contributed by atoms with Gasteiger partial charge in [0.1, 0.15) is 6.04 Å². The van der Waals surface area contributed by atoms with Crippen molar-refractivity contribution in [1.29, 1.82) is 0 Å². The van der Waals surface area contributed by atoms with Crippen LogP contribution in [0, 0.1) is 20.2 Å². The molecule has 1 aliphatic heterocycles. The lowest BCUT2D eigenvalue weighted by atomic mass is 10.0. The highest BCUT2D eigenvalue weighted by Gasteiger charge is 2.47. The summed E-state index contributed by atoms with van der Waals surface area (Å²) in [5.41, 5.74) is 2.24. The number of fused-ring (bicyclic) bond motifs is 1. The number of amides is 3. The highest BCUT2D eigenvalue weighted by molar-refractivity contribution is 14.1. The molecule has 7 nitrogen and oxygen atoms in total. The number of ether oxygens (including phenoxy) is 1. The fourth-order valence-electron chi connectivity index (χ4n) is 3.65. The third-order valence-electron chi connectivity index (χ3n) is 5.30. The molecule has 1 heterocycles. The summed E-state index contributed by atoms with van der Waals surface area (Å²) in [6.45, 7) is 4.92. The predicted molar refractivity (Wildman–Crippen MR) is 162 cm³/mol. The zero-order chi connectivity index (χ0) is 25.3. The minimum atomic E-state index is -1.15. The van der Waals surface area contributed by atoms with Gasteiger partial charge in [0.25, 0.3) is 17.7 Å². The van der Waals surface area contributed by atoms with Crippen LogP contribution in [0.4, 0.5) is 5.69 Å². The van der Waals surface area contributed by atoms with E-state index in [4.69, 9.17) is 4.74 Å². The van der Waals surface area contributed by atoms with Crippen molar-refractivity contribution in [3.63, 3.8) is 0 Å². The molecule has 0 saturated heterocycles. The van der Waals surface area contributed by atoms with Gasteiger partial charge in [-0.25, -0.2) is 4.79 Å². The lowest BCUT2D eigenvalue weighted by Gasteiger charge is -2.27. The number of hydrogen-bond donors (Lipinski definition) is 1. The smallest absolute Gasteiger partial charge is 0.330 e. The maximum Gasteiger partial charge on any atom is 0.330 e. The Morgan fingerprint density at radius 2 is 1.47 bits per heavy atom. The molecule has 2 aromatic carbocycles. The van der Waals surface area contributed by atoms with E-state index in [1.807, 2.05) is 25.1 Å². The number of halogens is 4. The Labute approximate surface area is 252 Å². The van der Waals surface area contributed by atoms with Gasteiger partial charge < -0.3 is 10.1 Å². The molecule has 1 atom stereocenters. The van der Waals surface area contributed by atoms with Gasteiger partial charge in [0.2, 0.25) is 0 Å². The van der Waals surface area contributed by atoms with E-state index in [2.05, 4.69) is 95.7 Å². The van der Waals surface area contributed by atoms with Crippen LogP contribution >= 0.6 is 90.4 Å². The lowest BCUT2D eigenvalue weighted by molar-refractivity contribution is -0.152. The van der Waals surface area contributed by atoms with Gasteiger partial charge in [-0.2, -0.15) is 0 Å². The highest BCUT2D eigenvalue weighted by atomic mass is 127. The van der Waals surface area contributed by atoms with E-state index >= 15 is 0 Å². The zero-order valence-electron chi connectivity index (χ0n) is 18.4. The number of benzene rings is 2. The van der Waals surface area contributed by atoms with Gasteiger partial charge in [-0.1, -0.05) is 39.0 Å². The Morgan fingerprint density at radius 3 is 1.97 bits per heavy atom. The molecule has 0 aromatic heterocycles. The molecule has 0 bridgehead atoms. The average molecular weight is 912 g/mol. The summed E-state index contributed by atoms with van der Waals surface area (Å²) in [7, 11) is 0. The van der Waals surface area contributed by atoms with Crippen molar-refractivity contribution in [3.05, 3.63) is 55.2 Å². The van der Waals surface area contributed by atoms with Crippen LogP contribution in [0.25, 0.3) is 0 Å². The van der Waals surface area contributed by atoms with Gasteiger partial charge in [-0.15, -0.1) is 0 Å². The van der Waals surface area contributed by atoms with E-state index in [0.717, 1.165) is 24.0 Å². The molecule has 3 amide bonds. The van der Waals surface area contributed by atoms with Gasteiger partial charge in [0, 0.05) is 20.0 Å². The summed E-state index contributed by atoms with van der Waals surface area (Å²) in [6, 6.07) is 6.23. The highest BCUT2D eigenvalue weighted by Crippen LogP contribution is 2.39. The Balaban J connectivity index is 1.81. The van der Waals surface area contributed by atoms with E-state index in [1.54, 1.807) is 19.9 Å². The Morgan fingerprint density at radius 1 is 0.941 bits per heavy atom. The summed E-state index contributed by atoms with van der Waals surface area (Å²) < 4.78 is 8.43. The normalized spacial score (nSPS) is 13.8. The number of esters is 1. The number of anilines is 1. The number of para-hydroxylation sites is 1. The summed E-state index contributed by atoms with van der Waals surface area (Å²) in [4.78, 5) is 53.2. The van der Waals surface area contributed by atoms with Gasteiger partial charge >= 0.3 is 5.97 Å². The standard InChI is InChI=1S/C23H20I4N2O5/c1-4-11-7-5-6-8-12(11)28-13(30)9-34-23(33)20(10(2)3)29-21(31)14-15(22(29)32)17(25)19(27)18(26)16(14)24/h5-8,10,20H,4,9H2,1-3H3,(H,28,30)/t20-/m0/s1. The number of carbonyl (C=O) groups is 4. The molecule has 0 spiro atoms. The first-order valence-electron chi connectivity index (χ1n) is 10.3. The van der Waals surface area contributed by atoms with Crippen LogP contribution in [0.1, 0.15) is 47.1 Å². The lowest BCUT2D eigenvalue weighted by Crippen LogP contribution is -2.49. The van der Waals surface area contributed by atoms with Crippen LogP contribution in [-0.4, -0.2) is 41.2 Å². The van der Waals surface area contributed by atoms with E-state index in [9.17, 15) is 19.2 Å². The molecular formula is C23H20I4N2O5. The number of nitrogens with one attached hydrogen (secondary N) is 1. The monoisotopic (exact) mass is 912 g/mol. The Kier molecular flexibility index (Phi) is 9.61. The minimum Gasteiger partial charge on any atom is -0.454 e. The van der Waals surface area contributed by atoms with E-state index in [0.29, 0.717) is 24.0 Å². The van der Waals surface area contributed by atoms with Crippen LogP contribution < -0.4 is 5.32 Å². The fourth-order valence-corrected chi connectivity index (χ4v) is 7.30. The minimum absolute atomic E-state index is 0.312. The van der Waals surface area contributed by atoms with Crippen LogP contribution in [0.2, 0.25) is 0 Å². The molecule has 34 heavy (non-hydrogen) atoms. The van der Waals surface area contributed by atoms with Crippen molar-refractivity contribution in [3.8, 4) is 0 Å². The van der Waals surface area contributed by atoms with Crippen LogP contribution in [0.5, 0.6) is 0 Å². The first kappa shape index (κ1) is 28.0. The van der Waals surface area contributed by atoms with Crippen molar-refractivity contribution < 1.29 is 23.9 Å². The SMILES string of the molecule is CCc1ccccc1NC(=O)COC(=O)[C@H](C(C)C)N1C(=O)c2c(I)c(I)c(I)c(I)c2C1=O. The van der Waals surface area contributed by atoms with Gasteiger partial charge in [-0.05, 0) is 114 Å². The van der Waals surface area contributed by atoms with E-state index < -0.39 is 42.3 Å². The van der Waals surface area contributed by atoms with Crippen LogP contribution in [-0.2, 0) is 20.7 Å². The second kappa shape index (κ2) is 11.7. The topological polar surface area (TPSA) is 92.8 Å². The van der Waals surface area contributed by atoms with Gasteiger partial charge in [-0.3, -0.25) is 19.3 Å². The first-order chi connectivity index (χ1) is 16.0. The molecular weight excluding hydrogens is 892 g/mol. The van der Waals surface area contributed by atoms with Crippen molar-refractivity contribution in [2.75, 3.05) is 11.9 Å². The van der Waals surface area contributed by atoms with Crippen molar-refractivity contribution >= 4 is 120 Å². The number of imide groups is 1. The average Bonchev–Trinajstić information content (AvgIpc) is 3.05. The summed E-state index contributed by atoms with van der Waals surface area (Å²) in [6.07, 6.45) is 0.737. The molecule has 11 heteroatoms. The van der Waals surface area contributed by atoms with E-state index in [-0.39, 0.29) is 0 Å². The quantitative estimate of drug-likeness (QED) is 0.131. The van der Waals surface area contributed by atoms with E-state index in [1.165, 1.54) is 0 Å². The number of aryl methyl sites for hydroxylation is 1. The molecule has 2 aromatic rings. The van der Waals surface area contributed by atoms with Crippen LogP contribution in [0.3, 0.4) is 0 Å². The molecule has 1 N–H and O–H groups in total.